The summed E-state index contributed by atoms with van der Waals surface area (Å²) in [7, 11) is 0. The lowest BCUT2D eigenvalue weighted by atomic mass is 10.4. The van der Waals surface area contributed by atoms with Crippen molar-refractivity contribution < 1.29 is 14.6 Å². The summed E-state index contributed by atoms with van der Waals surface area (Å²) in [5.41, 5.74) is 1.78. The summed E-state index contributed by atoms with van der Waals surface area (Å²) in [6.45, 7) is 4.29. The van der Waals surface area contributed by atoms with Crippen molar-refractivity contribution >= 4 is 11.9 Å². The van der Waals surface area contributed by atoms with Crippen LogP contribution in [0.5, 0.6) is 0 Å². The summed E-state index contributed by atoms with van der Waals surface area (Å²) in [6, 6.07) is 1.88. The predicted octanol–water partition coefficient (Wildman–Crippen LogP) is 0.607. The number of ether oxygens (including phenoxy) is 1. The Kier molecular flexibility index (Phi) is 4.65. The van der Waals surface area contributed by atoms with E-state index in [9.17, 15) is 4.79 Å². The smallest absolute Gasteiger partial charge is 0.329 e. The van der Waals surface area contributed by atoms with Gasteiger partial charge in [0.25, 0.3) is 0 Å². The highest BCUT2D eigenvalue weighted by atomic mass is 16.5. The standard InChI is InChI=1S/C10H15N3O3/c1-7-5-8(2)13-10(12-7)11-3-4-16-6-9(14)15/h5H,3-4,6H2,1-2H3,(H,14,15)(H,11,12,13). The van der Waals surface area contributed by atoms with Crippen LogP contribution in [0.1, 0.15) is 11.4 Å². The van der Waals surface area contributed by atoms with Gasteiger partial charge in [-0.05, 0) is 19.9 Å². The van der Waals surface area contributed by atoms with Crippen molar-refractivity contribution in [3.8, 4) is 0 Å². The van der Waals surface area contributed by atoms with Crippen LogP contribution in [0.4, 0.5) is 5.95 Å². The molecule has 1 heterocycles. The number of aryl methyl sites for hydroxylation is 2. The molecule has 0 spiro atoms. The van der Waals surface area contributed by atoms with Crippen LogP contribution in [0.15, 0.2) is 6.07 Å². The molecule has 0 aromatic carbocycles. The van der Waals surface area contributed by atoms with E-state index in [0.29, 0.717) is 19.1 Å². The van der Waals surface area contributed by atoms with E-state index in [4.69, 9.17) is 9.84 Å². The minimum absolute atomic E-state index is 0.282. The maximum atomic E-state index is 10.2. The molecule has 0 aliphatic heterocycles. The molecule has 2 N–H and O–H groups in total. The van der Waals surface area contributed by atoms with Gasteiger partial charge in [-0.1, -0.05) is 0 Å². The average molecular weight is 225 g/mol. The van der Waals surface area contributed by atoms with E-state index in [-0.39, 0.29) is 6.61 Å². The fourth-order valence-corrected chi connectivity index (χ4v) is 1.20. The highest BCUT2D eigenvalue weighted by Gasteiger charge is 1.99. The molecule has 0 bridgehead atoms. The van der Waals surface area contributed by atoms with Crippen LogP contribution in [-0.2, 0) is 9.53 Å². The van der Waals surface area contributed by atoms with Gasteiger partial charge in [0.1, 0.15) is 6.61 Å². The van der Waals surface area contributed by atoms with Crippen molar-refractivity contribution in [2.45, 2.75) is 13.8 Å². The zero-order chi connectivity index (χ0) is 12.0. The van der Waals surface area contributed by atoms with E-state index < -0.39 is 5.97 Å². The summed E-state index contributed by atoms with van der Waals surface area (Å²) < 4.78 is 4.86. The summed E-state index contributed by atoms with van der Waals surface area (Å²) >= 11 is 0. The van der Waals surface area contributed by atoms with Gasteiger partial charge >= 0.3 is 5.97 Å². The lowest BCUT2D eigenvalue weighted by Crippen LogP contribution is -2.15. The van der Waals surface area contributed by atoms with Crippen molar-refractivity contribution in [2.75, 3.05) is 25.1 Å². The highest BCUT2D eigenvalue weighted by Crippen LogP contribution is 2.02. The van der Waals surface area contributed by atoms with Gasteiger partial charge in [0, 0.05) is 17.9 Å². The summed E-state index contributed by atoms with van der Waals surface area (Å²) in [4.78, 5) is 18.5. The first kappa shape index (κ1) is 12.4. The Balaban J connectivity index is 2.29. The molecule has 88 valence electrons. The van der Waals surface area contributed by atoms with Gasteiger partial charge in [-0.3, -0.25) is 0 Å². The van der Waals surface area contributed by atoms with Crippen molar-refractivity contribution in [1.82, 2.24) is 9.97 Å². The quantitative estimate of drug-likeness (QED) is 0.690. The van der Waals surface area contributed by atoms with Gasteiger partial charge in [0.15, 0.2) is 0 Å². The first-order valence-electron chi connectivity index (χ1n) is 4.93. The second-order valence-corrected chi connectivity index (χ2v) is 3.35. The van der Waals surface area contributed by atoms with Gasteiger partial charge < -0.3 is 15.2 Å². The zero-order valence-corrected chi connectivity index (χ0v) is 9.36. The highest BCUT2D eigenvalue weighted by molar-refractivity contribution is 5.67. The Bertz CT molecular complexity index is 348. The van der Waals surface area contributed by atoms with Crippen molar-refractivity contribution in [3.05, 3.63) is 17.5 Å². The van der Waals surface area contributed by atoms with Crippen LogP contribution in [0, 0.1) is 13.8 Å². The fourth-order valence-electron chi connectivity index (χ4n) is 1.20. The number of hydrogen-bond donors (Lipinski definition) is 2. The normalized spacial score (nSPS) is 10.1. The first-order valence-corrected chi connectivity index (χ1v) is 4.93. The molecule has 6 nitrogen and oxygen atoms in total. The number of nitrogens with zero attached hydrogens (tertiary/aromatic N) is 2. The molecule has 16 heavy (non-hydrogen) atoms. The van der Waals surface area contributed by atoms with Gasteiger partial charge in [-0.2, -0.15) is 0 Å². The number of hydrogen-bond acceptors (Lipinski definition) is 5. The maximum absolute atomic E-state index is 10.2. The molecule has 1 rings (SSSR count). The third-order valence-electron chi connectivity index (χ3n) is 1.74. The first-order chi connectivity index (χ1) is 7.58. The van der Waals surface area contributed by atoms with E-state index >= 15 is 0 Å². The number of carboxylic acids is 1. The van der Waals surface area contributed by atoms with E-state index in [2.05, 4.69) is 15.3 Å². The SMILES string of the molecule is Cc1cc(C)nc(NCCOCC(=O)O)n1. The molecular weight excluding hydrogens is 210 g/mol. The lowest BCUT2D eigenvalue weighted by molar-refractivity contribution is -0.142. The molecule has 0 atom stereocenters. The Labute approximate surface area is 93.7 Å². The van der Waals surface area contributed by atoms with E-state index in [1.165, 1.54) is 0 Å². The molecule has 0 saturated carbocycles. The third-order valence-corrected chi connectivity index (χ3v) is 1.74. The Morgan fingerprint density at radius 1 is 1.44 bits per heavy atom. The molecule has 0 saturated heterocycles. The summed E-state index contributed by atoms with van der Waals surface area (Å²) in [6.07, 6.45) is 0. The van der Waals surface area contributed by atoms with Crippen molar-refractivity contribution in [3.63, 3.8) is 0 Å². The average Bonchev–Trinajstić information content (AvgIpc) is 2.15. The minimum Gasteiger partial charge on any atom is -0.480 e. The van der Waals surface area contributed by atoms with E-state index in [1.54, 1.807) is 0 Å². The second-order valence-electron chi connectivity index (χ2n) is 3.35. The van der Waals surface area contributed by atoms with Crippen LogP contribution in [0.3, 0.4) is 0 Å². The lowest BCUT2D eigenvalue weighted by Gasteiger charge is -2.06. The van der Waals surface area contributed by atoms with Crippen LogP contribution < -0.4 is 5.32 Å². The summed E-state index contributed by atoms with van der Waals surface area (Å²) in [5, 5.41) is 11.3. The van der Waals surface area contributed by atoms with Crippen molar-refractivity contribution in [2.24, 2.45) is 0 Å². The third kappa shape index (κ3) is 4.70. The van der Waals surface area contributed by atoms with Crippen LogP contribution in [0.2, 0.25) is 0 Å². The van der Waals surface area contributed by atoms with E-state index in [0.717, 1.165) is 11.4 Å². The van der Waals surface area contributed by atoms with Gasteiger partial charge in [0.05, 0.1) is 6.61 Å². The van der Waals surface area contributed by atoms with Gasteiger partial charge in [-0.15, -0.1) is 0 Å². The molecule has 0 aliphatic rings. The molecule has 1 aromatic heterocycles. The number of carbonyl (C=O) groups is 1. The zero-order valence-electron chi connectivity index (χ0n) is 9.36. The molecule has 1 aromatic rings. The largest absolute Gasteiger partial charge is 0.480 e. The Morgan fingerprint density at radius 2 is 2.06 bits per heavy atom. The second kappa shape index (κ2) is 6.02. The van der Waals surface area contributed by atoms with Crippen LogP contribution in [0.25, 0.3) is 0 Å². The van der Waals surface area contributed by atoms with Crippen LogP contribution >= 0.6 is 0 Å². The van der Waals surface area contributed by atoms with Crippen molar-refractivity contribution in [1.29, 1.82) is 0 Å². The fraction of sp³-hybridized carbons (Fsp3) is 0.500. The molecule has 0 amide bonds. The van der Waals surface area contributed by atoms with E-state index in [1.807, 2.05) is 19.9 Å². The number of nitrogens with one attached hydrogen (secondary N) is 1. The Morgan fingerprint density at radius 3 is 2.62 bits per heavy atom. The molecule has 6 heteroatoms. The summed E-state index contributed by atoms with van der Waals surface area (Å²) in [5.74, 6) is -0.431. The van der Waals surface area contributed by atoms with Gasteiger partial charge in [0.2, 0.25) is 5.95 Å². The number of aromatic nitrogens is 2. The predicted molar refractivity (Wildman–Crippen MR) is 58.5 cm³/mol. The monoisotopic (exact) mass is 225 g/mol. The number of aliphatic carboxylic acids is 1. The van der Waals surface area contributed by atoms with Gasteiger partial charge in [-0.25, -0.2) is 14.8 Å². The molecule has 0 radical (unpaired) electrons. The number of rotatable bonds is 6. The molecule has 0 aliphatic carbocycles. The molecule has 0 unspecified atom stereocenters. The minimum atomic E-state index is -0.970. The van der Waals surface area contributed by atoms with Crippen LogP contribution in [-0.4, -0.2) is 40.8 Å². The Hall–Kier alpha value is -1.69. The number of carboxylic acid groups (broad SMARTS) is 1. The molecular formula is C10H15N3O3. The maximum Gasteiger partial charge on any atom is 0.329 e. The topological polar surface area (TPSA) is 84.3 Å². The number of anilines is 1. The molecule has 0 fully saturated rings.